The summed E-state index contributed by atoms with van der Waals surface area (Å²) in [5.74, 6) is 3.20. The van der Waals surface area contributed by atoms with Gasteiger partial charge in [0, 0.05) is 6.04 Å². The third kappa shape index (κ3) is 4.13. The SMILES string of the molecule is Cc1ccc(OCC(=O)NC(=S)N[C@@H](C)C23CC4CC(CC(C4)C2)C3)cc1. The van der Waals surface area contributed by atoms with Crippen molar-refractivity contribution in [3.8, 4) is 5.75 Å². The van der Waals surface area contributed by atoms with E-state index in [2.05, 4.69) is 17.6 Å². The van der Waals surface area contributed by atoms with Crippen LogP contribution in [0.15, 0.2) is 24.3 Å². The van der Waals surface area contributed by atoms with Crippen LogP contribution < -0.4 is 15.4 Å². The number of hydrogen-bond acceptors (Lipinski definition) is 3. The molecule has 5 rings (SSSR count). The zero-order chi connectivity index (χ0) is 19.0. The Kier molecular flexibility index (Phi) is 5.15. The molecule has 146 valence electrons. The van der Waals surface area contributed by atoms with Crippen LogP contribution in [0.3, 0.4) is 0 Å². The quantitative estimate of drug-likeness (QED) is 0.752. The molecule has 0 aliphatic heterocycles. The van der Waals surface area contributed by atoms with Gasteiger partial charge in [-0.2, -0.15) is 0 Å². The van der Waals surface area contributed by atoms with Crippen molar-refractivity contribution < 1.29 is 9.53 Å². The Bertz CT molecular complexity index is 680. The zero-order valence-corrected chi connectivity index (χ0v) is 17.1. The van der Waals surface area contributed by atoms with Crippen molar-refractivity contribution in [3.63, 3.8) is 0 Å². The lowest BCUT2D eigenvalue weighted by Crippen LogP contribution is -2.57. The van der Waals surface area contributed by atoms with Crippen molar-refractivity contribution in [1.82, 2.24) is 10.6 Å². The van der Waals surface area contributed by atoms with Gasteiger partial charge in [0.05, 0.1) is 0 Å². The third-order valence-electron chi connectivity index (χ3n) is 7.00. The lowest BCUT2D eigenvalue weighted by molar-refractivity contribution is -0.121. The Morgan fingerprint density at radius 2 is 1.70 bits per heavy atom. The van der Waals surface area contributed by atoms with Crippen LogP contribution in [0.5, 0.6) is 5.75 Å². The van der Waals surface area contributed by atoms with Crippen LogP contribution in [0.4, 0.5) is 0 Å². The first-order valence-corrected chi connectivity index (χ1v) is 10.6. The molecule has 4 aliphatic carbocycles. The van der Waals surface area contributed by atoms with Gasteiger partial charge in [0.15, 0.2) is 11.7 Å². The molecular weight excluding hydrogens is 356 g/mol. The average Bonchev–Trinajstić information content (AvgIpc) is 2.60. The van der Waals surface area contributed by atoms with E-state index in [1.54, 1.807) is 0 Å². The minimum Gasteiger partial charge on any atom is -0.484 e. The topological polar surface area (TPSA) is 50.4 Å². The van der Waals surface area contributed by atoms with Crippen LogP contribution in [0, 0.1) is 30.1 Å². The first kappa shape index (κ1) is 18.7. The fourth-order valence-electron chi connectivity index (χ4n) is 6.04. The molecular formula is C22H30N2O2S. The number of carbonyl (C=O) groups excluding carboxylic acids is 1. The van der Waals surface area contributed by atoms with Crippen molar-refractivity contribution in [3.05, 3.63) is 29.8 Å². The third-order valence-corrected chi connectivity index (χ3v) is 7.22. The summed E-state index contributed by atoms with van der Waals surface area (Å²) < 4.78 is 5.53. The molecule has 4 nitrogen and oxygen atoms in total. The van der Waals surface area contributed by atoms with E-state index in [9.17, 15) is 4.79 Å². The minimum absolute atomic E-state index is 0.0311. The molecule has 4 fully saturated rings. The van der Waals surface area contributed by atoms with Gasteiger partial charge in [0.1, 0.15) is 5.75 Å². The van der Waals surface area contributed by atoms with Gasteiger partial charge in [-0.1, -0.05) is 17.7 Å². The van der Waals surface area contributed by atoms with Crippen molar-refractivity contribution in [2.24, 2.45) is 23.2 Å². The van der Waals surface area contributed by atoms with Gasteiger partial charge in [-0.15, -0.1) is 0 Å². The number of benzene rings is 1. The molecule has 1 amide bonds. The monoisotopic (exact) mass is 386 g/mol. The van der Waals surface area contributed by atoms with E-state index in [4.69, 9.17) is 17.0 Å². The van der Waals surface area contributed by atoms with Crippen molar-refractivity contribution in [2.75, 3.05) is 6.61 Å². The van der Waals surface area contributed by atoms with Crippen LogP contribution in [0.1, 0.15) is 51.0 Å². The first-order valence-electron chi connectivity index (χ1n) is 10.2. The number of amides is 1. The highest BCUT2D eigenvalue weighted by Crippen LogP contribution is 2.61. The summed E-state index contributed by atoms with van der Waals surface area (Å²) in [6.07, 6.45) is 8.26. The van der Waals surface area contributed by atoms with E-state index in [-0.39, 0.29) is 12.5 Å². The molecule has 5 heteroatoms. The summed E-state index contributed by atoms with van der Waals surface area (Å²) in [4.78, 5) is 12.2. The molecule has 1 aromatic carbocycles. The normalized spacial score (nSPS) is 32.0. The van der Waals surface area contributed by atoms with Crippen molar-refractivity contribution in [1.29, 1.82) is 0 Å². The maximum atomic E-state index is 12.2. The number of aryl methyl sites for hydroxylation is 1. The molecule has 1 atom stereocenters. The predicted octanol–water partition coefficient (Wildman–Crippen LogP) is 3.97. The second-order valence-electron chi connectivity index (χ2n) is 9.12. The van der Waals surface area contributed by atoms with Gasteiger partial charge in [0.25, 0.3) is 5.91 Å². The number of thiocarbonyl (C=S) groups is 1. The van der Waals surface area contributed by atoms with Crippen LogP contribution >= 0.6 is 12.2 Å². The van der Waals surface area contributed by atoms with Gasteiger partial charge >= 0.3 is 0 Å². The number of ether oxygens (including phenoxy) is 1. The largest absolute Gasteiger partial charge is 0.484 e. The highest BCUT2D eigenvalue weighted by Gasteiger charge is 2.53. The summed E-state index contributed by atoms with van der Waals surface area (Å²) in [7, 11) is 0. The van der Waals surface area contributed by atoms with Crippen LogP contribution in [-0.2, 0) is 4.79 Å². The van der Waals surface area contributed by atoms with Crippen LogP contribution in [0.25, 0.3) is 0 Å². The summed E-state index contributed by atoms with van der Waals surface area (Å²) in [5, 5.41) is 6.62. The van der Waals surface area contributed by atoms with Crippen LogP contribution in [-0.4, -0.2) is 23.7 Å². The molecule has 0 unspecified atom stereocenters. The predicted molar refractivity (Wildman–Crippen MR) is 111 cm³/mol. The Balaban J connectivity index is 1.26. The standard InChI is InChI=1S/C22H30N2O2S/c1-14-3-5-19(6-4-14)26-13-20(25)24-21(27)23-15(2)22-10-16-7-17(11-22)9-18(8-16)12-22/h3-6,15-18H,7-13H2,1-2H3,(H2,23,24,25,27)/t15-,16?,17?,18?,22?/m0/s1. The minimum atomic E-state index is -0.217. The summed E-state index contributed by atoms with van der Waals surface area (Å²) in [5.41, 5.74) is 1.53. The maximum absolute atomic E-state index is 12.2. The summed E-state index contributed by atoms with van der Waals surface area (Å²) in [6.45, 7) is 4.23. The molecule has 4 aliphatic rings. The molecule has 0 aromatic heterocycles. The Hall–Kier alpha value is -1.62. The molecule has 0 spiro atoms. The van der Waals surface area contributed by atoms with E-state index in [0.29, 0.717) is 22.3 Å². The Labute approximate surface area is 167 Å². The van der Waals surface area contributed by atoms with Crippen molar-refractivity contribution >= 4 is 23.2 Å². The molecule has 4 saturated carbocycles. The van der Waals surface area contributed by atoms with Gasteiger partial charge in [-0.25, -0.2) is 0 Å². The molecule has 27 heavy (non-hydrogen) atoms. The second-order valence-corrected chi connectivity index (χ2v) is 9.53. The molecule has 0 radical (unpaired) electrons. The van der Waals surface area contributed by atoms with E-state index < -0.39 is 0 Å². The number of carbonyl (C=O) groups is 1. The summed E-state index contributed by atoms with van der Waals surface area (Å²) >= 11 is 5.41. The van der Waals surface area contributed by atoms with Gasteiger partial charge in [0.2, 0.25) is 0 Å². The van der Waals surface area contributed by atoms with Gasteiger partial charge < -0.3 is 15.4 Å². The maximum Gasteiger partial charge on any atom is 0.264 e. The molecule has 4 bridgehead atoms. The molecule has 0 saturated heterocycles. The zero-order valence-electron chi connectivity index (χ0n) is 16.3. The van der Waals surface area contributed by atoms with E-state index in [1.165, 1.54) is 38.5 Å². The van der Waals surface area contributed by atoms with Crippen molar-refractivity contribution in [2.45, 2.75) is 58.4 Å². The van der Waals surface area contributed by atoms with E-state index in [1.807, 2.05) is 31.2 Å². The Morgan fingerprint density at radius 1 is 1.15 bits per heavy atom. The first-order chi connectivity index (χ1) is 12.9. The second kappa shape index (κ2) is 7.42. The van der Waals surface area contributed by atoms with Crippen LogP contribution in [0.2, 0.25) is 0 Å². The highest BCUT2D eigenvalue weighted by atomic mass is 32.1. The molecule has 2 N–H and O–H groups in total. The van der Waals surface area contributed by atoms with Gasteiger partial charge in [-0.05, 0) is 99.9 Å². The number of nitrogens with one attached hydrogen (secondary N) is 2. The Morgan fingerprint density at radius 3 is 2.26 bits per heavy atom. The average molecular weight is 387 g/mol. The lowest BCUT2D eigenvalue weighted by Gasteiger charge is -2.59. The lowest BCUT2D eigenvalue weighted by atomic mass is 9.48. The van der Waals surface area contributed by atoms with E-state index >= 15 is 0 Å². The smallest absolute Gasteiger partial charge is 0.264 e. The van der Waals surface area contributed by atoms with Gasteiger partial charge in [-0.3, -0.25) is 4.79 Å². The number of rotatable bonds is 5. The molecule has 1 aromatic rings. The van der Waals surface area contributed by atoms with E-state index in [0.717, 1.165) is 23.3 Å². The highest BCUT2D eigenvalue weighted by molar-refractivity contribution is 7.80. The summed E-state index contributed by atoms with van der Waals surface area (Å²) in [6, 6.07) is 7.97. The number of hydrogen-bond donors (Lipinski definition) is 2. The molecule has 0 heterocycles. The fraction of sp³-hybridized carbons (Fsp3) is 0.636. The fourth-order valence-corrected chi connectivity index (χ4v) is 6.33.